The van der Waals surface area contributed by atoms with E-state index in [9.17, 15) is 30.3 Å². The van der Waals surface area contributed by atoms with Gasteiger partial charge in [0, 0.05) is 6.42 Å². The van der Waals surface area contributed by atoms with Crippen LogP contribution in [0.3, 0.4) is 0 Å². The Bertz CT molecular complexity index is 1600. The smallest absolute Gasteiger partial charge is 0.220 e. The summed E-state index contributed by atoms with van der Waals surface area (Å²) in [6, 6.07) is -0.864. The number of carbonyl (C=O) groups is 1. The van der Waals surface area contributed by atoms with Crippen LogP contribution in [-0.2, 0) is 14.3 Å². The van der Waals surface area contributed by atoms with Crippen molar-refractivity contribution in [2.24, 2.45) is 0 Å². The largest absolute Gasteiger partial charge is 0.394 e. The molecule has 1 aliphatic rings. The summed E-state index contributed by atoms with van der Waals surface area (Å²) in [5, 5.41) is 54.4. The molecule has 414 valence electrons. The summed E-state index contributed by atoms with van der Waals surface area (Å²) in [5.74, 6) is -0.249. The third-order valence-electron chi connectivity index (χ3n) is 12.7. The predicted molar refractivity (Wildman–Crippen MR) is 308 cm³/mol. The number of aliphatic hydroxyl groups excluding tert-OH is 5. The number of hydrogen-bond acceptors (Lipinski definition) is 8. The lowest BCUT2D eigenvalue weighted by Gasteiger charge is -2.40. The lowest BCUT2D eigenvalue weighted by molar-refractivity contribution is -0.302. The Kier molecular flexibility index (Phi) is 47.8. The van der Waals surface area contributed by atoms with Gasteiger partial charge >= 0.3 is 0 Å². The van der Waals surface area contributed by atoms with Gasteiger partial charge in [0.05, 0.1) is 25.4 Å². The van der Waals surface area contributed by atoms with Crippen LogP contribution in [-0.4, -0.2) is 87.5 Å². The molecule has 1 rings (SSSR count). The lowest BCUT2D eigenvalue weighted by Crippen LogP contribution is -2.60. The molecule has 1 heterocycles. The van der Waals surface area contributed by atoms with Crippen LogP contribution in [0.25, 0.3) is 0 Å². The zero-order chi connectivity index (χ0) is 52.9. The average Bonchev–Trinajstić information content (AvgIpc) is 3.39. The molecule has 9 nitrogen and oxygen atoms in total. The van der Waals surface area contributed by atoms with Crippen molar-refractivity contribution in [2.45, 2.75) is 249 Å². The number of carbonyl (C=O) groups excluding carboxylic acids is 1. The standard InChI is InChI=1S/C64H105NO8/c1-3-5-7-9-11-13-15-17-19-21-23-25-26-27-28-29-30-31-32-34-36-38-40-42-44-46-48-50-52-54-60(68)65-57(56-72-64-63(71)62(70)61(69)59(55-66)73-64)58(67)53-51-49-47-45-43-41-39-37-35-33-24-22-20-18-16-14-12-10-8-6-4-2/h5,7,11,13,17,19,23,25,27-28,30-31,34,36,40,42-43,45-46,48,51,53,57-59,61-64,66-67,69-71H,3-4,6,8-10,12,14-16,18,20-22,24,26,29,32-33,35,37-39,41,44,47,49-50,52,54-56H2,1-2H3,(H,65,68)/b7-5-,13-11-,19-17-,25-23-,28-27-,31-30-,36-34-,42-40-,45-43+,48-46-,53-51+. The second-order valence-corrected chi connectivity index (χ2v) is 19.3. The molecule has 0 aromatic carbocycles. The zero-order valence-corrected chi connectivity index (χ0v) is 45.8. The lowest BCUT2D eigenvalue weighted by atomic mass is 9.99. The predicted octanol–water partition coefficient (Wildman–Crippen LogP) is 14.5. The van der Waals surface area contributed by atoms with Crippen LogP contribution in [0, 0.1) is 0 Å². The van der Waals surface area contributed by atoms with Crippen molar-refractivity contribution >= 4 is 5.91 Å². The minimum atomic E-state index is -1.59. The van der Waals surface area contributed by atoms with E-state index in [-0.39, 0.29) is 18.9 Å². The van der Waals surface area contributed by atoms with E-state index in [1.54, 1.807) is 6.08 Å². The fourth-order valence-electron chi connectivity index (χ4n) is 8.17. The molecule has 1 fully saturated rings. The molecule has 7 atom stereocenters. The van der Waals surface area contributed by atoms with Gasteiger partial charge in [-0.25, -0.2) is 0 Å². The van der Waals surface area contributed by atoms with Gasteiger partial charge in [-0.15, -0.1) is 0 Å². The second-order valence-electron chi connectivity index (χ2n) is 19.3. The summed E-state index contributed by atoms with van der Waals surface area (Å²) in [6.07, 6.45) is 72.3. The molecule has 1 amide bonds. The topological polar surface area (TPSA) is 149 Å². The van der Waals surface area contributed by atoms with E-state index < -0.39 is 49.5 Å². The van der Waals surface area contributed by atoms with Crippen molar-refractivity contribution in [2.75, 3.05) is 13.2 Å². The Morgan fingerprint density at radius 1 is 0.479 bits per heavy atom. The summed E-state index contributed by atoms with van der Waals surface area (Å²) >= 11 is 0. The van der Waals surface area contributed by atoms with Crippen molar-refractivity contribution in [3.8, 4) is 0 Å². The molecule has 0 aliphatic carbocycles. The molecule has 0 aromatic heterocycles. The molecule has 0 bridgehead atoms. The number of rotatable bonds is 47. The summed E-state index contributed by atoms with van der Waals surface area (Å²) in [4.78, 5) is 13.0. The normalized spacial score (nSPS) is 20.1. The average molecular weight is 1020 g/mol. The first kappa shape index (κ1) is 67.3. The highest BCUT2D eigenvalue weighted by atomic mass is 16.7. The van der Waals surface area contributed by atoms with Crippen LogP contribution in [0.2, 0.25) is 0 Å². The second kappa shape index (κ2) is 51.8. The fraction of sp³-hybridized carbons (Fsp3) is 0.641. The first-order chi connectivity index (χ1) is 35.8. The van der Waals surface area contributed by atoms with Crippen molar-refractivity contribution < 1.29 is 39.8 Å². The van der Waals surface area contributed by atoms with E-state index in [4.69, 9.17) is 9.47 Å². The monoisotopic (exact) mass is 1020 g/mol. The van der Waals surface area contributed by atoms with Gasteiger partial charge in [0.15, 0.2) is 6.29 Å². The molecule has 73 heavy (non-hydrogen) atoms. The van der Waals surface area contributed by atoms with E-state index in [1.165, 1.54) is 96.3 Å². The molecule has 9 heteroatoms. The van der Waals surface area contributed by atoms with Gasteiger partial charge < -0.3 is 40.3 Å². The molecular weight excluding hydrogens is 911 g/mol. The van der Waals surface area contributed by atoms with Gasteiger partial charge in [0.2, 0.25) is 5.91 Å². The number of aliphatic hydroxyl groups is 5. The SMILES string of the molecule is CC/C=C\C/C=C\C/C=C\C/C=C\C/C=C\C/C=C\C/C=C\C/C=C\C/C=C\CCCC(=O)NC(COC1OC(CO)C(O)C(O)C1O)C(O)/C=C/CC/C=C/CCCCCCCCCCCCCCCCC. The van der Waals surface area contributed by atoms with Gasteiger partial charge in [0.1, 0.15) is 24.4 Å². The maximum Gasteiger partial charge on any atom is 0.220 e. The molecule has 6 N–H and O–H groups in total. The van der Waals surface area contributed by atoms with Crippen LogP contribution in [0.15, 0.2) is 134 Å². The van der Waals surface area contributed by atoms with E-state index in [0.717, 1.165) is 83.5 Å². The van der Waals surface area contributed by atoms with Crippen LogP contribution in [0.5, 0.6) is 0 Å². The Hall–Kier alpha value is -3.67. The number of hydrogen-bond donors (Lipinski definition) is 6. The highest BCUT2D eigenvalue weighted by Crippen LogP contribution is 2.22. The van der Waals surface area contributed by atoms with Crippen LogP contribution >= 0.6 is 0 Å². The summed E-state index contributed by atoms with van der Waals surface area (Å²) in [6.45, 7) is 3.61. The summed E-state index contributed by atoms with van der Waals surface area (Å²) in [5.41, 5.74) is 0. The highest BCUT2D eigenvalue weighted by molar-refractivity contribution is 5.76. The van der Waals surface area contributed by atoms with Gasteiger partial charge in [-0.05, 0) is 96.3 Å². The Morgan fingerprint density at radius 2 is 0.863 bits per heavy atom. The van der Waals surface area contributed by atoms with Crippen LogP contribution < -0.4 is 5.32 Å². The van der Waals surface area contributed by atoms with E-state index in [2.05, 4.69) is 141 Å². The number of unbranched alkanes of at least 4 members (excludes halogenated alkanes) is 17. The number of ether oxygens (including phenoxy) is 2. The van der Waals surface area contributed by atoms with Crippen molar-refractivity contribution in [1.29, 1.82) is 0 Å². The van der Waals surface area contributed by atoms with E-state index in [1.807, 2.05) is 6.08 Å². The first-order valence-electron chi connectivity index (χ1n) is 28.9. The quantitative estimate of drug-likeness (QED) is 0.0261. The molecule has 0 spiro atoms. The van der Waals surface area contributed by atoms with Gasteiger partial charge in [-0.1, -0.05) is 237 Å². The maximum atomic E-state index is 13.0. The van der Waals surface area contributed by atoms with E-state index in [0.29, 0.717) is 6.42 Å². The van der Waals surface area contributed by atoms with Crippen molar-refractivity contribution in [1.82, 2.24) is 5.32 Å². The van der Waals surface area contributed by atoms with Crippen molar-refractivity contribution in [3.05, 3.63) is 134 Å². The third kappa shape index (κ3) is 41.3. The molecule has 0 radical (unpaired) electrons. The first-order valence-corrected chi connectivity index (χ1v) is 28.9. The van der Waals surface area contributed by atoms with Crippen LogP contribution in [0.1, 0.15) is 206 Å². The zero-order valence-electron chi connectivity index (χ0n) is 45.8. The Labute approximate surface area is 445 Å². The number of allylic oxidation sites excluding steroid dienone is 21. The minimum Gasteiger partial charge on any atom is -0.394 e. The molecular formula is C64H105NO8. The molecule has 0 saturated carbocycles. The van der Waals surface area contributed by atoms with Crippen molar-refractivity contribution in [3.63, 3.8) is 0 Å². The van der Waals surface area contributed by atoms with Gasteiger partial charge in [0.25, 0.3) is 0 Å². The van der Waals surface area contributed by atoms with Gasteiger partial charge in [-0.3, -0.25) is 4.79 Å². The number of nitrogens with one attached hydrogen (secondary N) is 1. The third-order valence-corrected chi connectivity index (χ3v) is 12.7. The summed E-state index contributed by atoms with van der Waals surface area (Å²) < 4.78 is 11.2. The molecule has 1 aliphatic heterocycles. The Morgan fingerprint density at radius 3 is 1.32 bits per heavy atom. The Balaban J connectivity index is 2.33. The van der Waals surface area contributed by atoms with Gasteiger partial charge in [-0.2, -0.15) is 0 Å². The molecule has 1 saturated heterocycles. The van der Waals surface area contributed by atoms with E-state index >= 15 is 0 Å². The minimum absolute atomic E-state index is 0.233. The number of amides is 1. The summed E-state index contributed by atoms with van der Waals surface area (Å²) in [7, 11) is 0. The maximum absolute atomic E-state index is 13.0. The highest BCUT2D eigenvalue weighted by Gasteiger charge is 2.44. The molecule has 0 aromatic rings. The molecule has 7 unspecified atom stereocenters. The fourth-order valence-corrected chi connectivity index (χ4v) is 8.17. The van der Waals surface area contributed by atoms with Crippen LogP contribution in [0.4, 0.5) is 0 Å².